The molecule has 0 spiro atoms. The third-order valence-corrected chi connectivity index (χ3v) is 7.57. The summed E-state index contributed by atoms with van der Waals surface area (Å²) < 4.78 is 6.20. The lowest BCUT2D eigenvalue weighted by Gasteiger charge is -2.30. The number of benzene rings is 2. The average Bonchev–Trinajstić information content (AvgIpc) is 3.48. The van der Waals surface area contributed by atoms with Gasteiger partial charge in [-0.25, -0.2) is 0 Å². The first-order chi connectivity index (χ1) is 16.7. The first-order valence-corrected chi connectivity index (χ1v) is 12.6. The predicted molar refractivity (Wildman–Crippen MR) is 135 cm³/mol. The van der Waals surface area contributed by atoms with Crippen molar-refractivity contribution in [1.82, 2.24) is 25.1 Å². The molecular formula is C27H34N6O. The van der Waals surface area contributed by atoms with Gasteiger partial charge >= 0.3 is 6.01 Å². The van der Waals surface area contributed by atoms with Gasteiger partial charge in [-0.1, -0.05) is 42.5 Å². The van der Waals surface area contributed by atoms with Crippen molar-refractivity contribution in [2.75, 3.05) is 51.3 Å². The maximum Gasteiger partial charge on any atom is 0.318 e. The molecule has 1 aromatic heterocycles. The molecule has 34 heavy (non-hydrogen) atoms. The molecule has 0 bridgehead atoms. The SMILES string of the molecule is CN1CCC[C@H]1COc1nc2c(c(N3CCNCC3)n1)CN(Cc1cccc3ccccc13)C2. The molecule has 6 rings (SSSR count). The molecule has 1 N–H and O–H groups in total. The van der Waals surface area contributed by atoms with E-state index in [0.717, 1.165) is 63.9 Å². The Hall–Kier alpha value is -2.74. The van der Waals surface area contributed by atoms with Gasteiger partial charge in [-0.3, -0.25) is 4.90 Å². The van der Waals surface area contributed by atoms with Crippen molar-refractivity contribution < 1.29 is 4.74 Å². The molecule has 3 aliphatic heterocycles. The molecule has 0 unspecified atom stereocenters. The minimum atomic E-state index is 0.461. The van der Waals surface area contributed by atoms with Gasteiger partial charge in [0.2, 0.25) is 0 Å². The Kier molecular flexibility index (Phi) is 6.07. The van der Waals surface area contributed by atoms with Gasteiger partial charge in [0.15, 0.2) is 0 Å². The fraction of sp³-hybridized carbons (Fsp3) is 0.481. The van der Waals surface area contributed by atoms with Crippen LogP contribution in [0.15, 0.2) is 42.5 Å². The van der Waals surface area contributed by atoms with Crippen LogP contribution in [-0.4, -0.2) is 72.2 Å². The Morgan fingerprint density at radius 3 is 2.71 bits per heavy atom. The third kappa shape index (κ3) is 4.35. The van der Waals surface area contributed by atoms with Crippen LogP contribution in [0, 0.1) is 0 Å². The van der Waals surface area contributed by atoms with Gasteiger partial charge in [-0.2, -0.15) is 9.97 Å². The van der Waals surface area contributed by atoms with E-state index in [0.29, 0.717) is 18.7 Å². The minimum absolute atomic E-state index is 0.461. The maximum absolute atomic E-state index is 6.20. The van der Waals surface area contributed by atoms with Crippen molar-refractivity contribution in [3.05, 3.63) is 59.3 Å². The average molecular weight is 459 g/mol. The van der Waals surface area contributed by atoms with E-state index in [1.807, 2.05) is 0 Å². The van der Waals surface area contributed by atoms with Gasteiger partial charge in [-0.05, 0) is 42.8 Å². The summed E-state index contributed by atoms with van der Waals surface area (Å²) in [6.45, 7) is 8.34. The van der Waals surface area contributed by atoms with E-state index < -0.39 is 0 Å². The van der Waals surface area contributed by atoms with E-state index in [-0.39, 0.29) is 0 Å². The Balaban J connectivity index is 1.25. The smallest absolute Gasteiger partial charge is 0.318 e. The van der Waals surface area contributed by atoms with Crippen molar-refractivity contribution in [2.45, 2.75) is 38.5 Å². The molecule has 2 saturated heterocycles. The largest absolute Gasteiger partial charge is 0.462 e. The van der Waals surface area contributed by atoms with E-state index in [2.05, 4.69) is 69.5 Å². The zero-order chi connectivity index (χ0) is 22.9. The van der Waals surface area contributed by atoms with E-state index in [9.17, 15) is 0 Å². The molecule has 2 fully saturated rings. The quantitative estimate of drug-likeness (QED) is 0.609. The zero-order valence-electron chi connectivity index (χ0n) is 20.0. The highest BCUT2D eigenvalue weighted by Crippen LogP contribution is 2.33. The van der Waals surface area contributed by atoms with Crippen LogP contribution >= 0.6 is 0 Å². The Morgan fingerprint density at radius 1 is 1.00 bits per heavy atom. The number of likely N-dealkylation sites (tertiary alicyclic amines) is 1. The lowest BCUT2D eigenvalue weighted by atomic mass is 10.0. The monoisotopic (exact) mass is 458 g/mol. The van der Waals surface area contributed by atoms with Crippen LogP contribution in [0.2, 0.25) is 0 Å². The van der Waals surface area contributed by atoms with Crippen molar-refractivity contribution in [3.63, 3.8) is 0 Å². The van der Waals surface area contributed by atoms with E-state index in [1.54, 1.807) is 0 Å². The number of hydrogen-bond donors (Lipinski definition) is 1. The third-order valence-electron chi connectivity index (χ3n) is 7.57. The van der Waals surface area contributed by atoms with E-state index >= 15 is 0 Å². The summed E-state index contributed by atoms with van der Waals surface area (Å²) in [5.74, 6) is 1.07. The van der Waals surface area contributed by atoms with Gasteiger partial charge in [0.25, 0.3) is 0 Å². The lowest BCUT2D eigenvalue weighted by Crippen LogP contribution is -2.44. The number of aromatic nitrogens is 2. The number of hydrogen-bond acceptors (Lipinski definition) is 7. The van der Waals surface area contributed by atoms with Crippen LogP contribution in [0.3, 0.4) is 0 Å². The summed E-state index contributed by atoms with van der Waals surface area (Å²) in [6, 6.07) is 16.3. The fourth-order valence-corrected chi connectivity index (χ4v) is 5.63. The number of likely N-dealkylation sites (N-methyl/N-ethyl adjacent to an activating group) is 1. The molecule has 7 heteroatoms. The molecule has 1 atom stereocenters. The molecule has 0 aliphatic carbocycles. The van der Waals surface area contributed by atoms with Crippen molar-refractivity contribution in [3.8, 4) is 6.01 Å². The number of nitrogens with one attached hydrogen (secondary N) is 1. The maximum atomic E-state index is 6.20. The van der Waals surface area contributed by atoms with Crippen molar-refractivity contribution >= 4 is 16.6 Å². The van der Waals surface area contributed by atoms with Crippen molar-refractivity contribution in [2.24, 2.45) is 0 Å². The molecule has 2 aromatic carbocycles. The van der Waals surface area contributed by atoms with E-state index in [1.165, 1.54) is 34.7 Å². The summed E-state index contributed by atoms with van der Waals surface area (Å²) in [6.07, 6.45) is 2.43. The number of rotatable bonds is 6. The van der Waals surface area contributed by atoms with Crippen molar-refractivity contribution in [1.29, 1.82) is 0 Å². The molecule has 0 saturated carbocycles. The van der Waals surface area contributed by atoms with Gasteiger partial charge in [-0.15, -0.1) is 0 Å². The molecule has 0 radical (unpaired) electrons. The van der Waals surface area contributed by atoms with Crippen LogP contribution in [0.1, 0.15) is 29.7 Å². The lowest BCUT2D eigenvalue weighted by molar-refractivity contribution is 0.187. The Morgan fingerprint density at radius 2 is 1.85 bits per heavy atom. The number of piperazine rings is 1. The molecule has 3 aliphatic rings. The molecule has 178 valence electrons. The molecule has 3 aromatic rings. The van der Waals surface area contributed by atoms with Gasteiger partial charge in [0, 0.05) is 57.4 Å². The molecule has 0 amide bonds. The highest BCUT2D eigenvalue weighted by atomic mass is 16.5. The second-order valence-electron chi connectivity index (χ2n) is 9.86. The first kappa shape index (κ1) is 21.8. The Bertz CT molecular complexity index is 1160. The van der Waals surface area contributed by atoms with Gasteiger partial charge in [0.1, 0.15) is 12.4 Å². The number of nitrogens with zero attached hydrogens (tertiary/aromatic N) is 5. The number of fused-ring (bicyclic) bond motifs is 2. The molecule has 7 nitrogen and oxygen atoms in total. The summed E-state index contributed by atoms with van der Waals surface area (Å²) in [7, 11) is 2.18. The summed E-state index contributed by atoms with van der Waals surface area (Å²) in [5, 5.41) is 6.09. The van der Waals surface area contributed by atoms with Crippen LogP contribution in [0.5, 0.6) is 6.01 Å². The fourth-order valence-electron chi connectivity index (χ4n) is 5.63. The normalized spacial score (nSPS) is 21.3. The second kappa shape index (κ2) is 9.49. The highest BCUT2D eigenvalue weighted by molar-refractivity contribution is 5.85. The first-order valence-electron chi connectivity index (χ1n) is 12.6. The molecule has 4 heterocycles. The Labute approximate surface area is 201 Å². The van der Waals surface area contributed by atoms with Crippen LogP contribution in [-0.2, 0) is 19.6 Å². The molecular weight excluding hydrogens is 424 g/mol. The zero-order valence-corrected chi connectivity index (χ0v) is 20.0. The highest BCUT2D eigenvalue weighted by Gasteiger charge is 2.29. The van der Waals surface area contributed by atoms with Crippen LogP contribution in [0.4, 0.5) is 5.82 Å². The minimum Gasteiger partial charge on any atom is -0.462 e. The summed E-state index contributed by atoms with van der Waals surface area (Å²) in [4.78, 5) is 17.2. The van der Waals surface area contributed by atoms with Crippen LogP contribution in [0.25, 0.3) is 10.8 Å². The van der Waals surface area contributed by atoms with Crippen LogP contribution < -0.4 is 15.0 Å². The van der Waals surface area contributed by atoms with Gasteiger partial charge < -0.3 is 19.9 Å². The number of ether oxygens (including phenoxy) is 1. The van der Waals surface area contributed by atoms with Gasteiger partial charge in [0.05, 0.1) is 5.69 Å². The second-order valence-corrected chi connectivity index (χ2v) is 9.86. The standard InChI is InChI=1S/C27H34N6O/c1-31-13-5-9-22(31)19-34-27-29-25-18-32(16-21-8-4-7-20-6-2-3-10-23(20)21)17-24(25)26(30-27)33-14-11-28-12-15-33/h2-4,6-8,10,22,28H,5,9,11-19H2,1H3/t22-/m0/s1. The number of anilines is 1. The topological polar surface area (TPSA) is 56.8 Å². The predicted octanol–water partition coefficient (Wildman–Crippen LogP) is 3.03. The summed E-state index contributed by atoms with van der Waals surface area (Å²) >= 11 is 0. The van der Waals surface area contributed by atoms with E-state index in [4.69, 9.17) is 14.7 Å². The summed E-state index contributed by atoms with van der Waals surface area (Å²) in [5.41, 5.74) is 3.76.